The maximum atomic E-state index is 3.46. The summed E-state index contributed by atoms with van der Waals surface area (Å²) in [7, 11) is 2.23. The zero-order valence-electron chi connectivity index (χ0n) is 8.92. The summed E-state index contributed by atoms with van der Waals surface area (Å²) in [6, 6.07) is 2.90. The average Bonchev–Trinajstić information content (AvgIpc) is 2.56. The van der Waals surface area contributed by atoms with Gasteiger partial charge in [-0.15, -0.1) is 11.3 Å². The number of nitrogens with one attached hydrogen (secondary N) is 1. The van der Waals surface area contributed by atoms with Crippen molar-refractivity contribution >= 4 is 11.3 Å². The van der Waals surface area contributed by atoms with Crippen molar-refractivity contribution in [3.8, 4) is 0 Å². The quantitative estimate of drug-likeness (QED) is 0.796. The largest absolute Gasteiger partial charge is 0.314 e. The molecule has 0 spiro atoms. The van der Waals surface area contributed by atoms with Crippen LogP contribution in [0.3, 0.4) is 0 Å². The first-order valence-electron chi connectivity index (χ1n) is 5.21. The number of hydrogen-bond acceptors (Lipinski definition) is 3. The molecule has 2 heterocycles. The fourth-order valence-corrected chi connectivity index (χ4v) is 2.90. The summed E-state index contributed by atoms with van der Waals surface area (Å²) < 4.78 is 0. The lowest BCUT2D eigenvalue weighted by atomic mass is 10.1. The van der Waals surface area contributed by atoms with Crippen molar-refractivity contribution in [3.05, 3.63) is 21.9 Å². The Morgan fingerprint density at radius 3 is 3.14 bits per heavy atom. The zero-order valence-corrected chi connectivity index (χ0v) is 9.73. The van der Waals surface area contributed by atoms with Crippen LogP contribution in [-0.4, -0.2) is 37.6 Å². The lowest BCUT2D eigenvalue weighted by Crippen LogP contribution is -2.50. The number of piperazine rings is 1. The molecule has 0 aromatic carbocycles. The lowest BCUT2D eigenvalue weighted by Gasteiger charge is -2.33. The van der Waals surface area contributed by atoms with E-state index in [1.165, 1.54) is 18.5 Å². The Labute approximate surface area is 89.9 Å². The van der Waals surface area contributed by atoms with Crippen molar-refractivity contribution in [1.29, 1.82) is 0 Å². The summed E-state index contributed by atoms with van der Waals surface area (Å²) >= 11 is 1.89. The first-order valence-corrected chi connectivity index (χ1v) is 6.09. The lowest BCUT2D eigenvalue weighted by molar-refractivity contribution is 0.200. The minimum absolute atomic E-state index is 0.682. The first-order chi connectivity index (χ1) is 6.77. The Morgan fingerprint density at radius 1 is 1.64 bits per heavy atom. The van der Waals surface area contributed by atoms with Gasteiger partial charge in [-0.25, -0.2) is 0 Å². The molecule has 1 unspecified atom stereocenters. The van der Waals surface area contributed by atoms with E-state index in [4.69, 9.17) is 0 Å². The number of likely N-dealkylation sites (N-methyl/N-ethyl adjacent to an activating group) is 1. The van der Waals surface area contributed by atoms with Gasteiger partial charge in [0.25, 0.3) is 0 Å². The second-order valence-electron chi connectivity index (χ2n) is 4.07. The molecule has 1 aliphatic heterocycles. The monoisotopic (exact) mass is 210 g/mol. The molecule has 1 aromatic heterocycles. The summed E-state index contributed by atoms with van der Waals surface area (Å²) in [5, 5.41) is 5.66. The third-order valence-electron chi connectivity index (χ3n) is 3.03. The number of rotatable bonds is 2. The number of hydrogen-bond donors (Lipinski definition) is 1. The normalized spacial score (nSPS) is 24.0. The molecule has 1 fully saturated rings. The predicted octanol–water partition coefficient (Wildman–Crippen LogP) is 1.50. The SMILES string of the molecule is Cc1ccsc1CC1CNCCN1C. The van der Waals surface area contributed by atoms with Gasteiger partial charge in [-0.05, 0) is 37.4 Å². The maximum Gasteiger partial charge on any atom is 0.0266 e. The van der Waals surface area contributed by atoms with Crippen LogP contribution >= 0.6 is 11.3 Å². The first kappa shape index (κ1) is 10.1. The van der Waals surface area contributed by atoms with Gasteiger partial charge in [0.1, 0.15) is 0 Å². The van der Waals surface area contributed by atoms with E-state index in [0.717, 1.165) is 13.1 Å². The van der Waals surface area contributed by atoms with Gasteiger partial charge >= 0.3 is 0 Å². The molecular weight excluding hydrogens is 192 g/mol. The fraction of sp³-hybridized carbons (Fsp3) is 0.636. The highest BCUT2D eigenvalue weighted by Gasteiger charge is 2.19. The van der Waals surface area contributed by atoms with Gasteiger partial charge in [-0.3, -0.25) is 0 Å². The maximum absolute atomic E-state index is 3.46. The van der Waals surface area contributed by atoms with E-state index in [2.05, 4.69) is 35.6 Å². The predicted molar refractivity (Wildman–Crippen MR) is 62.0 cm³/mol. The molecule has 1 N–H and O–H groups in total. The van der Waals surface area contributed by atoms with Crippen LogP contribution < -0.4 is 5.32 Å². The van der Waals surface area contributed by atoms with Gasteiger partial charge < -0.3 is 10.2 Å². The summed E-state index contributed by atoms with van der Waals surface area (Å²) in [6.07, 6.45) is 1.20. The van der Waals surface area contributed by atoms with Gasteiger partial charge in [-0.2, -0.15) is 0 Å². The van der Waals surface area contributed by atoms with Crippen LogP contribution in [0.2, 0.25) is 0 Å². The van der Waals surface area contributed by atoms with Crippen LogP contribution in [-0.2, 0) is 6.42 Å². The van der Waals surface area contributed by atoms with Crippen molar-refractivity contribution in [2.75, 3.05) is 26.7 Å². The van der Waals surface area contributed by atoms with E-state index in [9.17, 15) is 0 Å². The Morgan fingerprint density at radius 2 is 2.50 bits per heavy atom. The zero-order chi connectivity index (χ0) is 9.97. The minimum atomic E-state index is 0.682. The van der Waals surface area contributed by atoms with E-state index in [1.807, 2.05) is 11.3 Å². The van der Waals surface area contributed by atoms with Gasteiger partial charge in [-0.1, -0.05) is 0 Å². The molecule has 1 aromatic rings. The molecule has 14 heavy (non-hydrogen) atoms. The molecule has 0 amide bonds. The van der Waals surface area contributed by atoms with Gasteiger partial charge in [0, 0.05) is 30.6 Å². The molecule has 1 saturated heterocycles. The molecule has 0 saturated carbocycles. The molecule has 0 radical (unpaired) electrons. The number of nitrogens with zero attached hydrogens (tertiary/aromatic N) is 1. The van der Waals surface area contributed by atoms with Crippen molar-refractivity contribution in [1.82, 2.24) is 10.2 Å². The van der Waals surface area contributed by atoms with E-state index in [1.54, 1.807) is 4.88 Å². The molecule has 0 bridgehead atoms. The number of aryl methyl sites for hydroxylation is 1. The van der Waals surface area contributed by atoms with E-state index >= 15 is 0 Å². The Bertz CT molecular complexity index is 295. The Kier molecular flexibility index (Phi) is 3.21. The molecule has 0 aliphatic carbocycles. The van der Waals surface area contributed by atoms with Crippen molar-refractivity contribution in [3.63, 3.8) is 0 Å². The fourth-order valence-electron chi connectivity index (χ4n) is 1.92. The molecule has 1 aliphatic rings. The van der Waals surface area contributed by atoms with E-state index in [0.29, 0.717) is 6.04 Å². The van der Waals surface area contributed by atoms with Crippen LogP contribution in [0, 0.1) is 6.92 Å². The molecule has 78 valence electrons. The van der Waals surface area contributed by atoms with Crippen LogP contribution in [0.25, 0.3) is 0 Å². The average molecular weight is 210 g/mol. The van der Waals surface area contributed by atoms with Gasteiger partial charge in [0.15, 0.2) is 0 Å². The Balaban J connectivity index is 1.99. The Hall–Kier alpha value is -0.380. The molecule has 2 nitrogen and oxygen atoms in total. The second kappa shape index (κ2) is 4.43. The smallest absolute Gasteiger partial charge is 0.0266 e. The summed E-state index contributed by atoms with van der Waals surface area (Å²) in [5.41, 5.74) is 1.45. The van der Waals surface area contributed by atoms with Crippen molar-refractivity contribution in [2.45, 2.75) is 19.4 Å². The minimum Gasteiger partial charge on any atom is -0.314 e. The summed E-state index contributed by atoms with van der Waals surface area (Å²) in [4.78, 5) is 4.01. The highest BCUT2D eigenvalue weighted by molar-refractivity contribution is 7.10. The van der Waals surface area contributed by atoms with Crippen LogP contribution in [0.4, 0.5) is 0 Å². The molecule has 3 heteroatoms. The van der Waals surface area contributed by atoms with Crippen LogP contribution in [0.5, 0.6) is 0 Å². The molecular formula is C11H18N2S. The van der Waals surface area contributed by atoms with Gasteiger partial charge in [0.05, 0.1) is 0 Å². The standard InChI is InChI=1S/C11H18N2S/c1-9-3-6-14-11(9)7-10-8-12-4-5-13(10)2/h3,6,10,12H,4-5,7-8H2,1-2H3. The molecule has 2 rings (SSSR count). The van der Waals surface area contributed by atoms with Crippen LogP contribution in [0.1, 0.15) is 10.4 Å². The third-order valence-corrected chi connectivity index (χ3v) is 4.08. The van der Waals surface area contributed by atoms with Crippen molar-refractivity contribution < 1.29 is 0 Å². The topological polar surface area (TPSA) is 15.3 Å². The number of thiophene rings is 1. The summed E-state index contributed by atoms with van der Waals surface area (Å²) in [5.74, 6) is 0. The van der Waals surface area contributed by atoms with Crippen molar-refractivity contribution in [2.24, 2.45) is 0 Å². The summed E-state index contributed by atoms with van der Waals surface area (Å²) in [6.45, 7) is 5.65. The third kappa shape index (κ3) is 2.16. The van der Waals surface area contributed by atoms with E-state index < -0.39 is 0 Å². The molecule has 1 atom stereocenters. The highest BCUT2D eigenvalue weighted by atomic mass is 32.1. The van der Waals surface area contributed by atoms with Crippen LogP contribution in [0.15, 0.2) is 11.4 Å². The highest BCUT2D eigenvalue weighted by Crippen LogP contribution is 2.19. The second-order valence-corrected chi connectivity index (χ2v) is 5.07. The van der Waals surface area contributed by atoms with Gasteiger partial charge in [0.2, 0.25) is 0 Å². The van der Waals surface area contributed by atoms with E-state index in [-0.39, 0.29) is 0 Å².